The third-order valence-electron chi connectivity index (χ3n) is 2.30. The number of nitrogen functional groups attached to an aromatic ring is 1. The Hall–Kier alpha value is -2.54. The van der Waals surface area contributed by atoms with Gasteiger partial charge < -0.3 is 11.1 Å². The Balaban J connectivity index is 2.22. The number of anilines is 3. The van der Waals surface area contributed by atoms with Gasteiger partial charge in [0.25, 0.3) is 0 Å². The molecule has 0 saturated heterocycles. The smallest absolute Gasteiger partial charge is 0.123 e. The second kappa shape index (κ2) is 4.54. The van der Waals surface area contributed by atoms with Crippen molar-refractivity contribution in [2.45, 2.75) is 0 Å². The Kier molecular flexibility index (Phi) is 2.93. The van der Waals surface area contributed by atoms with E-state index in [1.165, 1.54) is 12.1 Å². The molecule has 0 heterocycles. The predicted molar refractivity (Wildman–Crippen MR) is 65.3 cm³/mol. The number of benzene rings is 2. The van der Waals surface area contributed by atoms with E-state index in [-0.39, 0.29) is 5.82 Å². The molecule has 0 aliphatic heterocycles. The van der Waals surface area contributed by atoms with Gasteiger partial charge in [0.2, 0.25) is 0 Å². The Labute approximate surface area is 98.3 Å². The van der Waals surface area contributed by atoms with E-state index in [1.54, 1.807) is 30.3 Å². The highest BCUT2D eigenvalue weighted by atomic mass is 19.1. The van der Waals surface area contributed by atoms with Gasteiger partial charge in [-0.05, 0) is 42.5 Å². The summed E-state index contributed by atoms with van der Waals surface area (Å²) < 4.78 is 12.7. The first-order chi connectivity index (χ1) is 8.19. The zero-order valence-corrected chi connectivity index (χ0v) is 8.94. The third kappa shape index (κ3) is 2.52. The van der Waals surface area contributed by atoms with Crippen molar-refractivity contribution in [3.05, 3.63) is 53.8 Å². The van der Waals surface area contributed by atoms with Crippen molar-refractivity contribution in [3.8, 4) is 6.07 Å². The van der Waals surface area contributed by atoms with E-state index in [0.29, 0.717) is 11.3 Å². The molecular formula is C13H10FN3. The van der Waals surface area contributed by atoms with Crippen LogP contribution in [0.5, 0.6) is 0 Å². The fourth-order valence-electron chi connectivity index (χ4n) is 1.44. The van der Waals surface area contributed by atoms with Crippen LogP contribution in [-0.2, 0) is 0 Å². The SMILES string of the molecule is N#Cc1ccc(Nc2ccc(F)cc2)cc1N. The molecule has 2 aromatic carbocycles. The number of rotatable bonds is 2. The topological polar surface area (TPSA) is 61.8 Å². The summed E-state index contributed by atoms with van der Waals surface area (Å²) in [7, 11) is 0. The number of nitriles is 1. The number of nitrogens with zero attached hydrogens (tertiary/aromatic N) is 1. The van der Waals surface area contributed by atoms with Gasteiger partial charge in [0, 0.05) is 11.4 Å². The van der Waals surface area contributed by atoms with Crippen molar-refractivity contribution in [3.63, 3.8) is 0 Å². The van der Waals surface area contributed by atoms with Crippen LogP contribution < -0.4 is 11.1 Å². The molecule has 0 bridgehead atoms. The molecule has 0 saturated carbocycles. The van der Waals surface area contributed by atoms with Gasteiger partial charge >= 0.3 is 0 Å². The molecule has 0 spiro atoms. The molecule has 0 unspecified atom stereocenters. The first kappa shape index (κ1) is 11.0. The number of hydrogen-bond acceptors (Lipinski definition) is 3. The van der Waals surface area contributed by atoms with Gasteiger partial charge in [-0.15, -0.1) is 0 Å². The molecule has 0 amide bonds. The molecule has 0 radical (unpaired) electrons. The molecule has 0 fully saturated rings. The van der Waals surface area contributed by atoms with Crippen LogP contribution in [-0.4, -0.2) is 0 Å². The lowest BCUT2D eigenvalue weighted by molar-refractivity contribution is 0.628. The highest BCUT2D eigenvalue weighted by Gasteiger charge is 2.00. The minimum absolute atomic E-state index is 0.283. The molecule has 3 nitrogen and oxygen atoms in total. The highest BCUT2D eigenvalue weighted by molar-refractivity contribution is 5.67. The average Bonchev–Trinajstić information content (AvgIpc) is 2.32. The monoisotopic (exact) mass is 227 g/mol. The molecule has 17 heavy (non-hydrogen) atoms. The summed E-state index contributed by atoms with van der Waals surface area (Å²) in [6, 6.07) is 13.0. The maximum absolute atomic E-state index is 12.7. The summed E-state index contributed by atoms with van der Waals surface area (Å²) in [6.45, 7) is 0. The maximum atomic E-state index is 12.7. The fraction of sp³-hybridized carbons (Fsp3) is 0. The molecule has 2 aromatic rings. The summed E-state index contributed by atoms with van der Waals surface area (Å²) in [5.41, 5.74) is 8.06. The molecule has 0 atom stereocenters. The van der Waals surface area contributed by atoms with Gasteiger partial charge in [-0.2, -0.15) is 5.26 Å². The summed E-state index contributed by atoms with van der Waals surface area (Å²) in [6.07, 6.45) is 0. The zero-order chi connectivity index (χ0) is 12.3. The molecule has 3 N–H and O–H groups in total. The number of hydrogen-bond donors (Lipinski definition) is 2. The van der Waals surface area contributed by atoms with Crippen molar-refractivity contribution < 1.29 is 4.39 Å². The third-order valence-corrected chi connectivity index (χ3v) is 2.30. The van der Waals surface area contributed by atoms with Crippen LogP contribution in [0.3, 0.4) is 0 Å². The molecule has 0 aliphatic carbocycles. The predicted octanol–water partition coefficient (Wildman–Crippen LogP) is 3.02. The van der Waals surface area contributed by atoms with Gasteiger partial charge in [-0.25, -0.2) is 4.39 Å². The van der Waals surface area contributed by atoms with Crippen molar-refractivity contribution in [2.75, 3.05) is 11.1 Å². The van der Waals surface area contributed by atoms with Crippen LogP contribution in [0, 0.1) is 17.1 Å². The van der Waals surface area contributed by atoms with E-state index in [0.717, 1.165) is 11.4 Å². The Morgan fingerprint density at radius 1 is 1.06 bits per heavy atom. The van der Waals surface area contributed by atoms with Gasteiger partial charge in [-0.1, -0.05) is 0 Å². The van der Waals surface area contributed by atoms with Crippen LogP contribution in [0.1, 0.15) is 5.56 Å². The van der Waals surface area contributed by atoms with Crippen LogP contribution in [0.2, 0.25) is 0 Å². The van der Waals surface area contributed by atoms with Gasteiger partial charge in [-0.3, -0.25) is 0 Å². The van der Waals surface area contributed by atoms with Crippen LogP contribution in [0.25, 0.3) is 0 Å². The van der Waals surface area contributed by atoms with Crippen molar-refractivity contribution >= 4 is 17.1 Å². The normalized spacial score (nSPS) is 9.65. The highest BCUT2D eigenvalue weighted by Crippen LogP contribution is 2.21. The minimum Gasteiger partial charge on any atom is -0.398 e. The lowest BCUT2D eigenvalue weighted by atomic mass is 10.2. The standard InChI is InChI=1S/C13H10FN3/c14-10-2-5-11(6-3-10)17-12-4-1-9(8-15)13(16)7-12/h1-7,17H,16H2. The fourth-order valence-corrected chi connectivity index (χ4v) is 1.44. The second-order valence-corrected chi connectivity index (χ2v) is 3.55. The molecule has 84 valence electrons. The molecular weight excluding hydrogens is 217 g/mol. The van der Waals surface area contributed by atoms with Crippen molar-refractivity contribution in [1.29, 1.82) is 5.26 Å². The van der Waals surface area contributed by atoms with Gasteiger partial charge in [0.05, 0.1) is 11.3 Å². The van der Waals surface area contributed by atoms with Gasteiger partial charge in [0.15, 0.2) is 0 Å². The van der Waals surface area contributed by atoms with Crippen molar-refractivity contribution in [2.24, 2.45) is 0 Å². The second-order valence-electron chi connectivity index (χ2n) is 3.55. The first-order valence-corrected chi connectivity index (χ1v) is 5.01. The van der Waals surface area contributed by atoms with E-state index in [9.17, 15) is 4.39 Å². The van der Waals surface area contributed by atoms with Crippen LogP contribution >= 0.6 is 0 Å². The van der Waals surface area contributed by atoms with E-state index in [1.807, 2.05) is 6.07 Å². The largest absolute Gasteiger partial charge is 0.398 e. The lowest BCUT2D eigenvalue weighted by Gasteiger charge is -2.07. The minimum atomic E-state index is -0.283. The lowest BCUT2D eigenvalue weighted by Crippen LogP contribution is -1.94. The molecule has 2 rings (SSSR count). The first-order valence-electron chi connectivity index (χ1n) is 5.01. The average molecular weight is 227 g/mol. The van der Waals surface area contributed by atoms with Gasteiger partial charge in [0.1, 0.15) is 11.9 Å². The summed E-state index contributed by atoms with van der Waals surface area (Å²) in [5.74, 6) is -0.283. The number of halogens is 1. The van der Waals surface area contributed by atoms with E-state index < -0.39 is 0 Å². The maximum Gasteiger partial charge on any atom is 0.123 e. The number of nitrogens with one attached hydrogen (secondary N) is 1. The zero-order valence-electron chi connectivity index (χ0n) is 8.94. The summed E-state index contributed by atoms with van der Waals surface area (Å²) in [4.78, 5) is 0. The number of nitrogens with two attached hydrogens (primary N) is 1. The van der Waals surface area contributed by atoms with Crippen LogP contribution in [0.15, 0.2) is 42.5 Å². The van der Waals surface area contributed by atoms with E-state index in [4.69, 9.17) is 11.0 Å². The van der Waals surface area contributed by atoms with Crippen molar-refractivity contribution in [1.82, 2.24) is 0 Å². The molecule has 0 aliphatic rings. The summed E-state index contributed by atoms with van der Waals surface area (Å²) in [5, 5.41) is 11.8. The van der Waals surface area contributed by atoms with E-state index in [2.05, 4.69) is 5.32 Å². The Bertz CT molecular complexity index is 570. The summed E-state index contributed by atoms with van der Waals surface area (Å²) >= 11 is 0. The quantitative estimate of drug-likeness (QED) is 0.775. The van der Waals surface area contributed by atoms with E-state index >= 15 is 0 Å². The Morgan fingerprint density at radius 3 is 2.29 bits per heavy atom. The molecule has 0 aromatic heterocycles. The molecule has 4 heteroatoms. The van der Waals surface area contributed by atoms with Crippen LogP contribution in [0.4, 0.5) is 21.5 Å². The Morgan fingerprint density at radius 2 is 1.71 bits per heavy atom.